The summed E-state index contributed by atoms with van der Waals surface area (Å²) in [5, 5.41) is 19.2. The van der Waals surface area contributed by atoms with Crippen LogP contribution in [-0.4, -0.2) is 29.3 Å². The molecule has 3 rings (SSSR count). The van der Waals surface area contributed by atoms with Crippen molar-refractivity contribution in [2.45, 2.75) is 17.4 Å². The number of hydrogen-bond donors (Lipinski definition) is 2. The number of nitrogens with zero attached hydrogens (tertiary/aromatic N) is 2. The third-order valence-electron chi connectivity index (χ3n) is 4.37. The number of carboxylic acid groups (broad SMARTS) is 1. The highest BCUT2D eigenvalue weighted by Crippen LogP contribution is 2.32. The summed E-state index contributed by atoms with van der Waals surface area (Å²) < 4.78 is 37.4. The van der Waals surface area contributed by atoms with E-state index in [2.05, 4.69) is 5.10 Å². The van der Waals surface area contributed by atoms with E-state index in [9.17, 15) is 22.7 Å². The van der Waals surface area contributed by atoms with E-state index in [1.165, 1.54) is 66.3 Å². The number of nitrogens with two attached hydrogens (primary N) is 1. The van der Waals surface area contributed by atoms with Gasteiger partial charge in [0.1, 0.15) is 5.82 Å². The van der Waals surface area contributed by atoms with Crippen LogP contribution in [0.4, 0.5) is 4.39 Å². The van der Waals surface area contributed by atoms with Gasteiger partial charge in [0.15, 0.2) is 5.54 Å². The zero-order valence-electron chi connectivity index (χ0n) is 14.2. The third-order valence-corrected chi connectivity index (χ3v) is 5.30. The van der Waals surface area contributed by atoms with Gasteiger partial charge in [-0.2, -0.15) is 5.10 Å². The highest BCUT2D eigenvalue weighted by molar-refractivity contribution is 7.89. The average molecular weight is 389 g/mol. The van der Waals surface area contributed by atoms with Gasteiger partial charge in [0.2, 0.25) is 10.0 Å². The number of carboxylic acids is 1. The lowest BCUT2D eigenvalue weighted by Crippen LogP contribution is -2.41. The van der Waals surface area contributed by atoms with Crippen LogP contribution >= 0.6 is 0 Å². The summed E-state index contributed by atoms with van der Waals surface area (Å²) in [4.78, 5) is 12.0. The van der Waals surface area contributed by atoms with E-state index < -0.39 is 27.3 Å². The molecule has 9 heteroatoms. The molecule has 1 unspecified atom stereocenters. The maximum Gasteiger partial charge on any atom is 0.336 e. The van der Waals surface area contributed by atoms with Gasteiger partial charge >= 0.3 is 5.97 Å². The van der Waals surface area contributed by atoms with Gasteiger partial charge < -0.3 is 5.11 Å². The number of sulfonamides is 1. The molecule has 27 heavy (non-hydrogen) atoms. The summed E-state index contributed by atoms with van der Waals surface area (Å²) in [5.74, 6) is -1.61. The SMILES string of the molecule is CC(C(=O)O)(c1ccc(S(N)(=O)=O)cc1)n1nccc1-c1ccc(F)cc1. The van der Waals surface area contributed by atoms with Crippen molar-refractivity contribution in [3.63, 3.8) is 0 Å². The Hall–Kier alpha value is -3.04. The molecule has 0 aliphatic carbocycles. The molecule has 2 aromatic carbocycles. The minimum atomic E-state index is -3.90. The number of aliphatic carboxylic acids is 1. The highest BCUT2D eigenvalue weighted by Gasteiger charge is 2.40. The Morgan fingerprint density at radius 1 is 1.11 bits per heavy atom. The number of hydrogen-bond acceptors (Lipinski definition) is 4. The predicted molar refractivity (Wildman–Crippen MR) is 95.8 cm³/mol. The number of halogens is 1. The van der Waals surface area contributed by atoms with Crippen LogP contribution in [0.25, 0.3) is 11.3 Å². The minimum absolute atomic E-state index is 0.127. The molecular weight excluding hydrogens is 373 g/mol. The summed E-state index contributed by atoms with van der Waals surface area (Å²) in [6.45, 7) is 1.45. The third kappa shape index (κ3) is 3.34. The summed E-state index contributed by atoms with van der Waals surface area (Å²) in [6, 6.07) is 12.4. The molecule has 3 N–H and O–H groups in total. The van der Waals surface area contributed by atoms with E-state index in [0.717, 1.165) is 0 Å². The van der Waals surface area contributed by atoms with Gasteiger partial charge in [-0.25, -0.2) is 27.4 Å². The molecule has 1 atom stereocenters. The molecule has 140 valence electrons. The maximum atomic E-state index is 13.2. The van der Waals surface area contributed by atoms with Crippen molar-refractivity contribution in [2.24, 2.45) is 5.14 Å². The molecule has 1 aromatic heterocycles. The van der Waals surface area contributed by atoms with Gasteiger partial charge in [0, 0.05) is 11.8 Å². The number of rotatable bonds is 5. The standard InChI is InChI=1S/C18H16FN3O4S/c1-18(17(23)24,13-4-8-15(9-5-13)27(20,25)26)22-16(10-11-21-22)12-2-6-14(19)7-3-12/h2-11H,1H3,(H,23,24)(H2,20,25,26). The number of carbonyl (C=O) groups is 1. The van der Waals surface area contributed by atoms with Crippen LogP contribution in [-0.2, 0) is 20.4 Å². The van der Waals surface area contributed by atoms with Crippen LogP contribution in [0, 0.1) is 5.82 Å². The van der Waals surface area contributed by atoms with E-state index in [-0.39, 0.29) is 4.90 Å². The first kappa shape index (κ1) is 18.7. The van der Waals surface area contributed by atoms with Gasteiger partial charge in [-0.15, -0.1) is 0 Å². The summed E-state index contributed by atoms with van der Waals surface area (Å²) in [6.07, 6.45) is 1.44. The lowest BCUT2D eigenvalue weighted by molar-refractivity contribution is -0.144. The smallest absolute Gasteiger partial charge is 0.336 e. The Morgan fingerprint density at radius 2 is 1.70 bits per heavy atom. The van der Waals surface area contributed by atoms with Crippen molar-refractivity contribution >= 4 is 16.0 Å². The van der Waals surface area contributed by atoms with Crippen molar-refractivity contribution < 1.29 is 22.7 Å². The molecule has 0 spiro atoms. The second-order valence-electron chi connectivity index (χ2n) is 6.08. The number of aromatic nitrogens is 2. The van der Waals surface area contributed by atoms with E-state index in [1.807, 2.05) is 0 Å². The molecule has 0 fully saturated rings. The molecule has 0 amide bonds. The number of primary sulfonamides is 1. The quantitative estimate of drug-likeness (QED) is 0.694. The van der Waals surface area contributed by atoms with Crippen molar-refractivity contribution in [3.05, 3.63) is 72.2 Å². The highest BCUT2D eigenvalue weighted by atomic mass is 32.2. The molecular formula is C18H16FN3O4S. The monoisotopic (exact) mass is 389 g/mol. The Bertz CT molecular complexity index is 1090. The molecule has 0 saturated heterocycles. The summed E-state index contributed by atoms with van der Waals surface area (Å²) in [7, 11) is -3.90. The topological polar surface area (TPSA) is 115 Å². The molecule has 0 saturated carbocycles. The van der Waals surface area contributed by atoms with E-state index >= 15 is 0 Å². The largest absolute Gasteiger partial charge is 0.479 e. The molecule has 0 radical (unpaired) electrons. The first-order valence-electron chi connectivity index (χ1n) is 7.81. The molecule has 0 aliphatic heterocycles. The predicted octanol–water partition coefficient (Wildman–Crippen LogP) is 2.18. The van der Waals surface area contributed by atoms with Crippen molar-refractivity contribution in [1.82, 2.24) is 9.78 Å². The molecule has 0 aliphatic rings. The van der Waals surface area contributed by atoms with Crippen LogP contribution in [0.3, 0.4) is 0 Å². The Labute approximate surface area is 154 Å². The molecule has 3 aromatic rings. The number of benzene rings is 2. The Kier molecular flexibility index (Phi) is 4.58. The fourth-order valence-electron chi connectivity index (χ4n) is 2.80. The van der Waals surface area contributed by atoms with Crippen molar-refractivity contribution in [1.29, 1.82) is 0 Å². The Morgan fingerprint density at radius 3 is 2.22 bits per heavy atom. The summed E-state index contributed by atoms with van der Waals surface area (Å²) in [5.41, 5.74) is -0.281. The fourth-order valence-corrected chi connectivity index (χ4v) is 3.32. The van der Waals surface area contributed by atoms with Crippen LogP contribution < -0.4 is 5.14 Å². The average Bonchev–Trinajstić information content (AvgIpc) is 3.11. The van der Waals surface area contributed by atoms with Crippen molar-refractivity contribution in [3.8, 4) is 11.3 Å². The first-order chi connectivity index (χ1) is 12.6. The van der Waals surface area contributed by atoms with Gasteiger partial charge in [-0.05, 0) is 55.0 Å². The van der Waals surface area contributed by atoms with Gasteiger partial charge in [-0.1, -0.05) is 12.1 Å². The lowest BCUT2D eigenvalue weighted by Gasteiger charge is -2.28. The zero-order chi connectivity index (χ0) is 19.8. The van der Waals surface area contributed by atoms with Gasteiger partial charge in [-0.3, -0.25) is 0 Å². The van der Waals surface area contributed by atoms with Crippen LogP contribution in [0.5, 0.6) is 0 Å². The molecule has 7 nitrogen and oxygen atoms in total. The first-order valence-corrected chi connectivity index (χ1v) is 9.36. The van der Waals surface area contributed by atoms with Gasteiger partial charge in [0.05, 0.1) is 10.6 Å². The summed E-state index contributed by atoms with van der Waals surface area (Å²) >= 11 is 0. The van der Waals surface area contributed by atoms with E-state index in [0.29, 0.717) is 16.8 Å². The lowest BCUT2D eigenvalue weighted by atomic mass is 9.91. The fraction of sp³-hybridized carbons (Fsp3) is 0.111. The normalized spacial score (nSPS) is 13.9. The van der Waals surface area contributed by atoms with Gasteiger partial charge in [0.25, 0.3) is 0 Å². The van der Waals surface area contributed by atoms with Crippen LogP contribution in [0.15, 0.2) is 65.7 Å². The van der Waals surface area contributed by atoms with E-state index in [4.69, 9.17) is 5.14 Å². The van der Waals surface area contributed by atoms with Crippen LogP contribution in [0.2, 0.25) is 0 Å². The Balaban J connectivity index is 2.15. The molecule has 0 bridgehead atoms. The second-order valence-corrected chi connectivity index (χ2v) is 7.64. The zero-order valence-corrected chi connectivity index (χ0v) is 15.0. The molecule has 1 heterocycles. The van der Waals surface area contributed by atoms with Crippen molar-refractivity contribution in [2.75, 3.05) is 0 Å². The van der Waals surface area contributed by atoms with E-state index in [1.54, 1.807) is 6.07 Å². The van der Waals surface area contributed by atoms with Crippen LogP contribution in [0.1, 0.15) is 12.5 Å². The second kappa shape index (κ2) is 6.60. The minimum Gasteiger partial charge on any atom is -0.479 e. The maximum absolute atomic E-state index is 13.2.